The first-order valence-corrected chi connectivity index (χ1v) is 5.74. The SMILES string of the molecule is CCNCC(CC)Cc1ccc(O)cc1. The van der Waals surface area contributed by atoms with Gasteiger partial charge in [-0.2, -0.15) is 0 Å². The highest BCUT2D eigenvalue weighted by molar-refractivity contribution is 5.26. The molecular weight excluding hydrogens is 186 g/mol. The van der Waals surface area contributed by atoms with Gasteiger partial charge in [-0.05, 0) is 43.1 Å². The molecule has 1 aromatic carbocycles. The van der Waals surface area contributed by atoms with E-state index in [2.05, 4.69) is 19.2 Å². The molecule has 0 fully saturated rings. The molecule has 15 heavy (non-hydrogen) atoms. The maximum atomic E-state index is 9.18. The largest absolute Gasteiger partial charge is 0.508 e. The summed E-state index contributed by atoms with van der Waals surface area (Å²) in [5, 5.41) is 12.6. The summed E-state index contributed by atoms with van der Waals surface area (Å²) in [6, 6.07) is 7.53. The third-order valence-electron chi connectivity index (χ3n) is 2.72. The monoisotopic (exact) mass is 207 g/mol. The number of nitrogens with one attached hydrogen (secondary N) is 1. The fourth-order valence-electron chi connectivity index (χ4n) is 1.67. The molecule has 0 aromatic heterocycles. The topological polar surface area (TPSA) is 32.3 Å². The Morgan fingerprint density at radius 1 is 1.20 bits per heavy atom. The molecule has 1 aromatic rings. The van der Waals surface area contributed by atoms with Crippen LogP contribution in [0.3, 0.4) is 0 Å². The van der Waals surface area contributed by atoms with E-state index in [1.807, 2.05) is 12.1 Å². The lowest BCUT2D eigenvalue weighted by atomic mass is 9.97. The van der Waals surface area contributed by atoms with Gasteiger partial charge in [0.15, 0.2) is 0 Å². The van der Waals surface area contributed by atoms with Crippen molar-refractivity contribution in [1.82, 2.24) is 5.32 Å². The highest BCUT2D eigenvalue weighted by Crippen LogP contribution is 2.15. The molecule has 0 aliphatic rings. The number of benzene rings is 1. The van der Waals surface area contributed by atoms with Crippen molar-refractivity contribution in [2.24, 2.45) is 5.92 Å². The highest BCUT2D eigenvalue weighted by atomic mass is 16.3. The van der Waals surface area contributed by atoms with E-state index in [9.17, 15) is 5.11 Å². The van der Waals surface area contributed by atoms with Crippen LogP contribution in [0.4, 0.5) is 0 Å². The molecule has 2 nitrogen and oxygen atoms in total. The summed E-state index contributed by atoms with van der Waals surface area (Å²) >= 11 is 0. The maximum absolute atomic E-state index is 9.18. The summed E-state index contributed by atoms with van der Waals surface area (Å²) in [5.74, 6) is 1.04. The average molecular weight is 207 g/mol. The Bertz CT molecular complexity index is 268. The van der Waals surface area contributed by atoms with Crippen molar-refractivity contribution in [3.8, 4) is 5.75 Å². The zero-order valence-corrected chi connectivity index (χ0v) is 9.66. The molecule has 0 amide bonds. The Hall–Kier alpha value is -1.02. The van der Waals surface area contributed by atoms with Crippen LogP contribution in [0.1, 0.15) is 25.8 Å². The quantitative estimate of drug-likeness (QED) is 0.751. The van der Waals surface area contributed by atoms with E-state index in [-0.39, 0.29) is 0 Å². The Labute approximate surface area is 92.3 Å². The van der Waals surface area contributed by atoms with Gasteiger partial charge in [-0.15, -0.1) is 0 Å². The van der Waals surface area contributed by atoms with Crippen molar-refractivity contribution in [3.05, 3.63) is 29.8 Å². The van der Waals surface area contributed by atoms with E-state index in [4.69, 9.17) is 0 Å². The van der Waals surface area contributed by atoms with E-state index in [0.29, 0.717) is 11.7 Å². The van der Waals surface area contributed by atoms with Crippen molar-refractivity contribution in [2.45, 2.75) is 26.7 Å². The normalized spacial score (nSPS) is 12.7. The molecule has 0 heterocycles. The van der Waals surface area contributed by atoms with Crippen LogP contribution < -0.4 is 5.32 Å². The van der Waals surface area contributed by atoms with Crippen LogP contribution in [0.25, 0.3) is 0 Å². The van der Waals surface area contributed by atoms with Gasteiger partial charge in [0.2, 0.25) is 0 Å². The van der Waals surface area contributed by atoms with Crippen LogP contribution in [-0.4, -0.2) is 18.2 Å². The second-order valence-corrected chi connectivity index (χ2v) is 3.95. The van der Waals surface area contributed by atoms with Crippen LogP contribution in [0.15, 0.2) is 24.3 Å². The predicted molar refractivity (Wildman–Crippen MR) is 64.1 cm³/mol. The Morgan fingerprint density at radius 2 is 1.87 bits per heavy atom. The summed E-state index contributed by atoms with van der Waals surface area (Å²) in [4.78, 5) is 0. The number of aromatic hydroxyl groups is 1. The summed E-state index contributed by atoms with van der Waals surface area (Å²) < 4.78 is 0. The number of hydrogen-bond acceptors (Lipinski definition) is 2. The molecule has 0 radical (unpaired) electrons. The predicted octanol–water partition coefficient (Wildman–Crippen LogP) is 2.57. The molecule has 2 N–H and O–H groups in total. The summed E-state index contributed by atoms with van der Waals surface area (Å²) in [6.45, 7) is 6.47. The standard InChI is InChI=1S/C13H21NO/c1-3-11(10-14-4-2)9-12-5-7-13(15)8-6-12/h5-8,11,14-15H,3-4,9-10H2,1-2H3. The van der Waals surface area contributed by atoms with Gasteiger partial charge in [0.05, 0.1) is 0 Å². The van der Waals surface area contributed by atoms with E-state index < -0.39 is 0 Å². The second kappa shape index (κ2) is 6.46. The van der Waals surface area contributed by atoms with Gasteiger partial charge in [0.1, 0.15) is 5.75 Å². The van der Waals surface area contributed by atoms with Crippen LogP contribution in [0.2, 0.25) is 0 Å². The first-order valence-electron chi connectivity index (χ1n) is 5.74. The fraction of sp³-hybridized carbons (Fsp3) is 0.538. The van der Waals surface area contributed by atoms with Crippen LogP contribution in [0.5, 0.6) is 5.75 Å². The third-order valence-corrected chi connectivity index (χ3v) is 2.72. The molecule has 1 unspecified atom stereocenters. The van der Waals surface area contributed by atoms with Gasteiger partial charge < -0.3 is 10.4 Å². The summed E-state index contributed by atoms with van der Waals surface area (Å²) in [5.41, 5.74) is 1.30. The molecule has 1 rings (SSSR count). The fourth-order valence-corrected chi connectivity index (χ4v) is 1.67. The van der Waals surface area contributed by atoms with E-state index >= 15 is 0 Å². The molecule has 0 spiro atoms. The van der Waals surface area contributed by atoms with Crippen molar-refractivity contribution >= 4 is 0 Å². The molecule has 1 atom stereocenters. The summed E-state index contributed by atoms with van der Waals surface area (Å²) in [7, 11) is 0. The zero-order chi connectivity index (χ0) is 11.1. The van der Waals surface area contributed by atoms with Crippen molar-refractivity contribution in [3.63, 3.8) is 0 Å². The zero-order valence-electron chi connectivity index (χ0n) is 9.66. The average Bonchev–Trinajstić information content (AvgIpc) is 2.27. The minimum absolute atomic E-state index is 0.346. The third kappa shape index (κ3) is 4.34. The lowest BCUT2D eigenvalue weighted by Gasteiger charge is -2.15. The summed E-state index contributed by atoms with van der Waals surface area (Å²) in [6.07, 6.45) is 2.28. The van der Waals surface area contributed by atoms with Gasteiger partial charge in [-0.3, -0.25) is 0 Å². The maximum Gasteiger partial charge on any atom is 0.115 e. The molecule has 0 aliphatic heterocycles. The molecular formula is C13H21NO. The van der Waals surface area contributed by atoms with Crippen molar-refractivity contribution < 1.29 is 5.11 Å². The molecule has 0 saturated heterocycles. The Kier molecular flexibility index (Phi) is 5.19. The van der Waals surface area contributed by atoms with Gasteiger partial charge in [0.25, 0.3) is 0 Å². The first kappa shape index (κ1) is 12.1. The number of hydrogen-bond donors (Lipinski definition) is 2. The van der Waals surface area contributed by atoms with E-state index in [1.54, 1.807) is 12.1 Å². The van der Waals surface area contributed by atoms with Gasteiger partial charge in [-0.1, -0.05) is 32.4 Å². The van der Waals surface area contributed by atoms with Crippen molar-refractivity contribution in [2.75, 3.05) is 13.1 Å². The van der Waals surface area contributed by atoms with E-state index in [1.165, 1.54) is 12.0 Å². The van der Waals surface area contributed by atoms with Crippen LogP contribution >= 0.6 is 0 Å². The Balaban J connectivity index is 2.47. The van der Waals surface area contributed by atoms with Crippen LogP contribution in [0, 0.1) is 5.92 Å². The lowest BCUT2D eigenvalue weighted by Crippen LogP contribution is -2.23. The first-order chi connectivity index (χ1) is 7.26. The van der Waals surface area contributed by atoms with Gasteiger partial charge >= 0.3 is 0 Å². The van der Waals surface area contributed by atoms with Gasteiger partial charge in [-0.25, -0.2) is 0 Å². The van der Waals surface area contributed by atoms with Gasteiger partial charge in [0, 0.05) is 0 Å². The molecule has 2 heteroatoms. The molecule has 0 bridgehead atoms. The van der Waals surface area contributed by atoms with Crippen LogP contribution in [-0.2, 0) is 6.42 Å². The molecule has 84 valence electrons. The Morgan fingerprint density at radius 3 is 2.40 bits per heavy atom. The highest BCUT2D eigenvalue weighted by Gasteiger charge is 2.06. The lowest BCUT2D eigenvalue weighted by molar-refractivity contribution is 0.464. The molecule has 0 saturated carbocycles. The smallest absolute Gasteiger partial charge is 0.115 e. The number of rotatable bonds is 6. The molecule has 0 aliphatic carbocycles. The number of phenols is 1. The minimum atomic E-state index is 0.346. The minimum Gasteiger partial charge on any atom is -0.508 e. The second-order valence-electron chi connectivity index (χ2n) is 3.95. The van der Waals surface area contributed by atoms with Crippen molar-refractivity contribution in [1.29, 1.82) is 0 Å². The number of phenolic OH excluding ortho intramolecular Hbond substituents is 1. The van der Waals surface area contributed by atoms with E-state index in [0.717, 1.165) is 19.5 Å².